The van der Waals surface area contributed by atoms with Gasteiger partial charge in [-0.2, -0.15) is 0 Å². The molecular formula is C20H30N2O3. The van der Waals surface area contributed by atoms with Crippen LogP contribution in [0.3, 0.4) is 0 Å². The summed E-state index contributed by atoms with van der Waals surface area (Å²) < 4.78 is 5.82. The highest BCUT2D eigenvalue weighted by atomic mass is 16.5. The lowest BCUT2D eigenvalue weighted by atomic mass is 10.1. The van der Waals surface area contributed by atoms with Crippen LogP contribution in [-0.4, -0.2) is 54.4 Å². The molecule has 0 bridgehead atoms. The van der Waals surface area contributed by atoms with Gasteiger partial charge in [0.25, 0.3) is 5.91 Å². The average molecular weight is 346 g/mol. The van der Waals surface area contributed by atoms with Crippen molar-refractivity contribution in [3.63, 3.8) is 0 Å². The molecule has 138 valence electrons. The fraction of sp³-hybridized carbons (Fsp3) is 0.600. The Hall–Kier alpha value is -2.04. The highest BCUT2D eigenvalue weighted by Crippen LogP contribution is 2.25. The molecule has 0 radical (unpaired) electrons. The molecule has 25 heavy (non-hydrogen) atoms. The van der Waals surface area contributed by atoms with Crippen LogP contribution in [-0.2, 0) is 9.59 Å². The Bertz CT molecular complexity index is 632. The lowest BCUT2D eigenvalue weighted by Gasteiger charge is -2.35. The minimum atomic E-state index is -0.0173. The van der Waals surface area contributed by atoms with Crippen molar-refractivity contribution in [1.82, 2.24) is 9.80 Å². The third-order valence-electron chi connectivity index (χ3n) is 4.78. The maximum absolute atomic E-state index is 12.4. The highest BCUT2D eigenvalue weighted by Gasteiger charge is 2.24. The molecule has 0 aromatic heterocycles. The van der Waals surface area contributed by atoms with E-state index in [0.717, 1.165) is 22.4 Å². The second-order valence-electron chi connectivity index (χ2n) is 7.30. The number of amides is 2. The maximum atomic E-state index is 12.4. The number of carbonyl (C=O) groups is 2. The van der Waals surface area contributed by atoms with E-state index >= 15 is 0 Å². The van der Waals surface area contributed by atoms with Gasteiger partial charge in [-0.1, -0.05) is 26.0 Å². The SMILES string of the molecule is Cc1ccc(C)c(OCC(=O)N2CCN(C(=O)CC(C)C)CC2)c1C. The summed E-state index contributed by atoms with van der Waals surface area (Å²) in [7, 11) is 0. The number of hydrogen-bond acceptors (Lipinski definition) is 3. The quantitative estimate of drug-likeness (QED) is 0.824. The molecule has 2 rings (SSSR count). The first-order valence-corrected chi connectivity index (χ1v) is 9.04. The summed E-state index contributed by atoms with van der Waals surface area (Å²) in [6.45, 7) is 12.6. The summed E-state index contributed by atoms with van der Waals surface area (Å²) in [6.07, 6.45) is 0.572. The zero-order valence-corrected chi connectivity index (χ0v) is 16.1. The molecular weight excluding hydrogens is 316 g/mol. The Balaban J connectivity index is 1.85. The minimum absolute atomic E-state index is 0.0173. The van der Waals surface area contributed by atoms with Gasteiger partial charge < -0.3 is 14.5 Å². The van der Waals surface area contributed by atoms with Gasteiger partial charge in [0.2, 0.25) is 5.91 Å². The van der Waals surface area contributed by atoms with E-state index < -0.39 is 0 Å². The van der Waals surface area contributed by atoms with Crippen LogP contribution in [0.4, 0.5) is 0 Å². The molecule has 0 spiro atoms. The number of ether oxygens (including phenoxy) is 1. The first-order valence-electron chi connectivity index (χ1n) is 9.04. The predicted octanol–water partition coefficient (Wildman–Crippen LogP) is 2.71. The molecule has 5 nitrogen and oxygen atoms in total. The second-order valence-corrected chi connectivity index (χ2v) is 7.30. The average Bonchev–Trinajstić information content (AvgIpc) is 2.57. The van der Waals surface area contributed by atoms with Crippen LogP contribution in [0, 0.1) is 26.7 Å². The van der Waals surface area contributed by atoms with Crippen molar-refractivity contribution in [3.8, 4) is 5.75 Å². The number of hydrogen-bond donors (Lipinski definition) is 0. The fourth-order valence-electron chi connectivity index (χ4n) is 3.06. The van der Waals surface area contributed by atoms with E-state index in [4.69, 9.17) is 4.74 Å². The molecule has 0 atom stereocenters. The molecule has 2 amide bonds. The standard InChI is InChI=1S/C20H30N2O3/c1-14(2)12-18(23)21-8-10-22(11-9-21)19(24)13-25-20-16(4)7-6-15(3)17(20)5/h6-7,14H,8-13H2,1-5H3. The maximum Gasteiger partial charge on any atom is 0.260 e. The number of nitrogens with zero attached hydrogens (tertiary/aromatic N) is 2. The van der Waals surface area contributed by atoms with Gasteiger partial charge in [0.05, 0.1) is 0 Å². The molecule has 0 N–H and O–H groups in total. The van der Waals surface area contributed by atoms with Crippen molar-refractivity contribution >= 4 is 11.8 Å². The summed E-state index contributed by atoms with van der Waals surface area (Å²) >= 11 is 0. The topological polar surface area (TPSA) is 49.9 Å². The lowest BCUT2D eigenvalue weighted by Crippen LogP contribution is -2.51. The van der Waals surface area contributed by atoms with Crippen LogP contribution in [0.1, 0.15) is 37.0 Å². The summed E-state index contributed by atoms with van der Waals surface area (Å²) in [5.41, 5.74) is 3.28. The van der Waals surface area contributed by atoms with Crippen molar-refractivity contribution in [3.05, 3.63) is 28.8 Å². The molecule has 5 heteroatoms. The van der Waals surface area contributed by atoms with Crippen molar-refractivity contribution in [2.45, 2.75) is 41.0 Å². The largest absolute Gasteiger partial charge is 0.483 e. The van der Waals surface area contributed by atoms with E-state index in [9.17, 15) is 9.59 Å². The number of aryl methyl sites for hydroxylation is 2. The van der Waals surface area contributed by atoms with E-state index in [-0.39, 0.29) is 18.4 Å². The third-order valence-corrected chi connectivity index (χ3v) is 4.78. The summed E-state index contributed by atoms with van der Waals surface area (Å²) in [5, 5.41) is 0. The fourth-order valence-corrected chi connectivity index (χ4v) is 3.06. The molecule has 1 heterocycles. The summed E-state index contributed by atoms with van der Waals surface area (Å²) in [6, 6.07) is 4.08. The molecule has 1 aromatic rings. The molecule has 1 saturated heterocycles. The monoisotopic (exact) mass is 346 g/mol. The van der Waals surface area contributed by atoms with Gasteiger partial charge >= 0.3 is 0 Å². The molecule has 0 saturated carbocycles. The lowest BCUT2D eigenvalue weighted by molar-refractivity contribution is -0.141. The van der Waals surface area contributed by atoms with Crippen LogP contribution in [0.5, 0.6) is 5.75 Å². The molecule has 0 unspecified atom stereocenters. The number of piperazine rings is 1. The van der Waals surface area contributed by atoms with Crippen LogP contribution >= 0.6 is 0 Å². The Morgan fingerprint density at radius 1 is 0.960 bits per heavy atom. The van der Waals surface area contributed by atoms with E-state index in [1.807, 2.05) is 45.6 Å². The van der Waals surface area contributed by atoms with E-state index in [1.54, 1.807) is 4.90 Å². The molecule has 1 aliphatic heterocycles. The first kappa shape index (κ1) is 19.3. The third kappa shape index (κ3) is 4.97. The van der Waals surface area contributed by atoms with Gasteiger partial charge in [-0.05, 0) is 43.4 Å². The van der Waals surface area contributed by atoms with Crippen molar-refractivity contribution in [1.29, 1.82) is 0 Å². The second kappa shape index (κ2) is 8.37. The first-order chi connectivity index (χ1) is 11.8. The Morgan fingerprint density at radius 3 is 2.04 bits per heavy atom. The van der Waals surface area contributed by atoms with E-state index in [0.29, 0.717) is 38.5 Å². The zero-order valence-electron chi connectivity index (χ0n) is 16.1. The molecule has 0 aliphatic carbocycles. The van der Waals surface area contributed by atoms with Crippen LogP contribution in [0.2, 0.25) is 0 Å². The number of benzene rings is 1. The smallest absolute Gasteiger partial charge is 0.260 e. The van der Waals surface area contributed by atoms with Crippen molar-refractivity contribution in [2.24, 2.45) is 5.92 Å². The van der Waals surface area contributed by atoms with Crippen molar-refractivity contribution < 1.29 is 14.3 Å². The van der Waals surface area contributed by atoms with Crippen LogP contribution in [0.25, 0.3) is 0 Å². The zero-order chi connectivity index (χ0) is 18.6. The van der Waals surface area contributed by atoms with Gasteiger partial charge in [0.15, 0.2) is 6.61 Å². The summed E-state index contributed by atoms with van der Waals surface area (Å²) in [5.74, 6) is 1.33. The molecule has 1 fully saturated rings. The molecule has 1 aromatic carbocycles. The van der Waals surface area contributed by atoms with Gasteiger partial charge in [-0.25, -0.2) is 0 Å². The van der Waals surface area contributed by atoms with E-state index in [2.05, 4.69) is 6.07 Å². The normalized spacial score (nSPS) is 14.8. The number of carbonyl (C=O) groups excluding carboxylic acids is 2. The van der Waals surface area contributed by atoms with Gasteiger partial charge in [0.1, 0.15) is 5.75 Å². The van der Waals surface area contributed by atoms with Gasteiger partial charge in [-0.3, -0.25) is 9.59 Å². The molecule has 1 aliphatic rings. The van der Waals surface area contributed by atoms with Gasteiger partial charge in [-0.15, -0.1) is 0 Å². The van der Waals surface area contributed by atoms with E-state index in [1.165, 1.54) is 0 Å². The van der Waals surface area contributed by atoms with Gasteiger partial charge in [0, 0.05) is 32.6 Å². The predicted molar refractivity (Wildman–Crippen MR) is 98.8 cm³/mol. The van der Waals surface area contributed by atoms with Crippen LogP contribution in [0.15, 0.2) is 12.1 Å². The van der Waals surface area contributed by atoms with Crippen molar-refractivity contribution in [2.75, 3.05) is 32.8 Å². The number of rotatable bonds is 5. The Morgan fingerprint density at radius 2 is 1.48 bits per heavy atom. The Labute approximate surface area is 150 Å². The summed E-state index contributed by atoms with van der Waals surface area (Å²) in [4.78, 5) is 28.2. The Kier molecular flexibility index (Phi) is 6.45. The minimum Gasteiger partial charge on any atom is -0.483 e. The van der Waals surface area contributed by atoms with Crippen LogP contribution < -0.4 is 4.74 Å². The highest BCUT2D eigenvalue weighted by molar-refractivity contribution is 5.79.